The molecule has 0 aliphatic carbocycles. The van der Waals surface area contributed by atoms with Crippen LogP contribution in [0.15, 0.2) is 12.4 Å². The summed E-state index contributed by atoms with van der Waals surface area (Å²) in [7, 11) is 3.95. The van der Waals surface area contributed by atoms with Gasteiger partial charge in [0.1, 0.15) is 0 Å². The molecular formula is C14H26N4O. The lowest BCUT2D eigenvalue weighted by molar-refractivity contribution is 0.162. The second-order valence-electron chi connectivity index (χ2n) is 5.47. The molecule has 1 aromatic rings. The summed E-state index contributed by atoms with van der Waals surface area (Å²) < 4.78 is 7.35. The van der Waals surface area contributed by atoms with Crippen LogP contribution in [0.3, 0.4) is 0 Å². The second-order valence-corrected chi connectivity index (χ2v) is 5.47. The Morgan fingerprint density at radius 3 is 3.11 bits per heavy atom. The highest BCUT2D eigenvalue weighted by molar-refractivity contribution is 5.27. The van der Waals surface area contributed by atoms with Gasteiger partial charge in [0.15, 0.2) is 0 Å². The van der Waals surface area contributed by atoms with Gasteiger partial charge in [-0.1, -0.05) is 6.42 Å². The number of anilines is 1. The van der Waals surface area contributed by atoms with Crippen molar-refractivity contribution in [2.75, 3.05) is 39.2 Å². The van der Waals surface area contributed by atoms with Crippen molar-refractivity contribution in [1.29, 1.82) is 0 Å². The van der Waals surface area contributed by atoms with E-state index in [9.17, 15) is 0 Å². The zero-order valence-corrected chi connectivity index (χ0v) is 12.3. The molecule has 19 heavy (non-hydrogen) atoms. The molecule has 2 rings (SSSR count). The van der Waals surface area contributed by atoms with Crippen LogP contribution in [0.2, 0.25) is 0 Å². The third kappa shape index (κ3) is 3.70. The van der Waals surface area contributed by atoms with E-state index >= 15 is 0 Å². The van der Waals surface area contributed by atoms with Gasteiger partial charge in [-0.25, -0.2) is 4.98 Å². The SMILES string of the molecule is COCC(C)n1ccnc1NCC1CCCCN1C. The molecule has 108 valence electrons. The number of ether oxygens (including phenoxy) is 1. The maximum Gasteiger partial charge on any atom is 0.203 e. The number of hydrogen-bond donors (Lipinski definition) is 1. The predicted molar refractivity (Wildman–Crippen MR) is 77.6 cm³/mol. The minimum atomic E-state index is 0.305. The molecule has 0 radical (unpaired) electrons. The van der Waals surface area contributed by atoms with Crippen molar-refractivity contribution in [3.05, 3.63) is 12.4 Å². The summed E-state index contributed by atoms with van der Waals surface area (Å²) in [6.07, 6.45) is 7.80. The molecule has 1 aliphatic rings. The minimum Gasteiger partial charge on any atom is -0.383 e. The van der Waals surface area contributed by atoms with Gasteiger partial charge >= 0.3 is 0 Å². The average Bonchev–Trinajstić information content (AvgIpc) is 2.86. The maximum atomic E-state index is 5.21. The fourth-order valence-corrected chi connectivity index (χ4v) is 2.74. The highest BCUT2D eigenvalue weighted by Crippen LogP contribution is 2.17. The lowest BCUT2D eigenvalue weighted by Crippen LogP contribution is -2.41. The number of likely N-dealkylation sites (N-methyl/N-ethyl adjacent to an activating group) is 1. The molecule has 2 atom stereocenters. The Bertz CT molecular complexity index is 379. The summed E-state index contributed by atoms with van der Waals surface area (Å²) in [6.45, 7) is 5.02. The van der Waals surface area contributed by atoms with Gasteiger partial charge in [-0.15, -0.1) is 0 Å². The fraction of sp³-hybridized carbons (Fsp3) is 0.786. The molecule has 1 N–H and O–H groups in total. The number of imidazole rings is 1. The third-order valence-electron chi connectivity index (χ3n) is 3.97. The summed E-state index contributed by atoms with van der Waals surface area (Å²) in [5.74, 6) is 0.948. The zero-order chi connectivity index (χ0) is 13.7. The smallest absolute Gasteiger partial charge is 0.203 e. The second kappa shape index (κ2) is 6.91. The van der Waals surface area contributed by atoms with Crippen LogP contribution in [-0.4, -0.2) is 54.3 Å². The normalized spacial score (nSPS) is 22.4. The van der Waals surface area contributed by atoms with Crippen molar-refractivity contribution in [2.45, 2.75) is 38.3 Å². The van der Waals surface area contributed by atoms with E-state index in [4.69, 9.17) is 4.74 Å². The van der Waals surface area contributed by atoms with E-state index in [0.717, 1.165) is 12.5 Å². The number of nitrogens with one attached hydrogen (secondary N) is 1. The number of methoxy groups -OCH3 is 1. The first-order valence-corrected chi connectivity index (χ1v) is 7.18. The number of piperidine rings is 1. The lowest BCUT2D eigenvalue weighted by atomic mass is 10.0. The maximum absolute atomic E-state index is 5.21. The number of aromatic nitrogens is 2. The van der Waals surface area contributed by atoms with E-state index in [1.54, 1.807) is 7.11 Å². The van der Waals surface area contributed by atoms with E-state index in [1.165, 1.54) is 25.8 Å². The van der Waals surface area contributed by atoms with Crippen LogP contribution in [0, 0.1) is 0 Å². The van der Waals surface area contributed by atoms with Crippen LogP contribution in [0.5, 0.6) is 0 Å². The Balaban J connectivity index is 1.90. The monoisotopic (exact) mass is 266 g/mol. The standard InChI is InChI=1S/C14H26N4O/c1-12(11-19-3)18-9-7-15-14(18)16-10-13-6-4-5-8-17(13)2/h7,9,12-13H,4-6,8,10-11H2,1-3H3,(H,15,16). The molecule has 1 aromatic heterocycles. The quantitative estimate of drug-likeness (QED) is 0.855. The lowest BCUT2D eigenvalue weighted by Gasteiger charge is -2.32. The van der Waals surface area contributed by atoms with Crippen LogP contribution in [0.4, 0.5) is 5.95 Å². The van der Waals surface area contributed by atoms with Gasteiger partial charge in [-0.05, 0) is 33.4 Å². The molecule has 0 saturated carbocycles. The molecule has 1 fully saturated rings. The van der Waals surface area contributed by atoms with Gasteiger partial charge in [0.25, 0.3) is 0 Å². The van der Waals surface area contributed by atoms with E-state index in [-0.39, 0.29) is 0 Å². The van der Waals surface area contributed by atoms with Gasteiger partial charge in [0, 0.05) is 32.1 Å². The number of likely N-dealkylation sites (tertiary alicyclic amines) is 1. The first kappa shape index (κ1) is 14.3. The number of rotatable bonds is 6. The molecule has 1 saturated heterocycles. The Labute approximate surface area is 116 Å². The number of hydrogen-bond acceptors (Lipinski definition) is 4. The van der Waals surface area contributed by atoms with Crippen molar-refractivity contribution in [3.63, 3.8) is 0 Å². The molecule has 5 heteroatoms. The van der Waals surface area contributed by atoms with Crippen molar-refractivity contribution < 1.29 is 4.74 Å². The van der Waals surface area contributed by atoms with Gasteiger partial charge in [0.2, 0.25) is 5.95 Å². The molecule has 0 amide bonds. The first-order valence-electron chi connectivity index (χ1n) is 7.18. The summed E-state index contributed by atoms with van der Waals surface area (Å²) in [5, 5.41) is 3.49. The van der Waals surface area contributed by atoms with E-state index in [2.05, 4.69) is 33.7 Å². The van der Waals surface area contributed by atoms with Gasteiger partial charge in [0.05, 0.1) is 12.6 Å². The Morgan fingerprint density at radius 1 is 1.53 bits per heavy atom. The van der Waals surface area contributed by atoms with Crippen molar-refractivity contribution in [3.8, 4) is 0 Å². The molecule has 0 aromatic carbocycles. The molecule has 5 nitrogen and oxygen atoms in total. The predicted octanol–water partition coefficient (Wildman–Crippen LogP) is 1.99. The first-order chi connectivity index (χ1) is 9.22. The highest BCUT2D eigenvalue weighted by Gasteiger charge is 2.19. The van der Waals surface area contributed by atoms with Gasteiger partial charge in [-0.3, -0.25) is 0 Å². The molecule has 2 unspecified atom stereocenters. The summed E-state index contributed by atoms with van der Waals surface area (Å²) in [4.78, 5) is 6.85. The summed E-state index contributed by atoms with van der Waals surface area (Å²) in [5.41, 5.74) is 0. The van der Waals surface area contributed by atoms with Crippen molar-refractivity contribution in [2.24, 2.45) is 0 Å². The molecule has 2 heterocycles. The number of nitrogens with zero attached hydrogens (tertiary/aromatic N) is 3. The molecular weight excluding hydrogens is 240 g/mol. The average molecular weight is 266 g/mol. The van der Waals surface area contributed by atoms with Gasteiger partial charge < -0.3 is 19.5 Å². The zero-order valence-electron chi connectivity index (χ0n) is 12.3. The fourth-order valence-electron chi connectivity index (χ4n) is 2.74. The summed E-state index contributed by atoms with van der Waals surface area (Å²) in [6, 6.07) is 0.927. The summed E-state index contributed by atoms with van der Waals surface area (Å²) >= 11 is 0. The Hall–Kier alpha value is -1.07. The van der Waals surface area contributed by atoms with Crippen molar-refractivity contribution >= 4 is 5.95 Å². The van der Waals surface area contributed by atoms with E-state index in [0.29, 0.717) is 18.7 Å². The van der Waals surface area contributed by atoms with Crippen LogP contribution in [0.25, 0.3) is 0 Å². The Morgan fingerprint density at radius 2 is 2.37 bits per heavy atom. The molecule has 0 bridgehead atoms. The third-order valence-corrected chi connectivity index (χ3v) is 3.97. The highest BCUT2D eigenvalue weighted by atomic mass is 16.5. The van der Waals surface area contributed by atoms with Crippen LogP contribution >= 0.6 is 0 Å². The Kier molecular flexibility index (Phi) is 5.22. The van der Waals surface area contributed by atoms with Crippen LogP contribution in [-0.2, 0) is 4.74 Å². The van der Waals surface area contributed by atoms with E-state index in [1.807, 2.05) is 12.4 Å². The minimum absolute atomic E-state index is 0.305. The van der Waals surface area contributed by atoms with E-state index < -0.39 is 0 Å². The van der Waals surface area contributed by atoms with Crippen LogP contribution < -0.4 is 5.32 Å². The van der Waals surface area contributed by atoms with Crippen molar-refractivity contribution in [1.82, 2.24) is 14.5 Å². The largest absolute Gasteiger partial charge is 0.383 e. The molecule has 1 aliphatic heterocycles. The molecule has 0 spiro atoms. The van der Waals surface area contributed by atoms with Gasteiger partial charge in [-0.2, -0.15) is 0 Å². The van der Waals surface area contributed by atoms with Crippen LogP contribution in [0.1, 0.15) is 32.2 Å². The topological polar surface area (TPSA) is 42.3 Å².